The minimum atomic E-state index is -3.63. The molecule has 1 fully saturated rings. The number of carbonyl (C=O) groups is 3. The van der Waals surface area contributed by atoms with Gasteiger partial charge in [0.05, 0.1) is 11.4 Å². The number of sulfonamides is 1. The van der Waals surface area contributed by atoms with Gasteiger partial charge < -0.3 is 20.8 Å². The summed E-state index contributed by atoms with van der Waals surface area (Å²) in [5.41, 5.74) is 6.57. The molecule has 2 aromatic rings. The zero-order chi connectivity index (χ0) is 25.5. The van der Waals surface area contributed by atoms with Gasteiger partial charge in [-0.3, -0.25) is 14.3 Å². The van der Waals surface area contributed by atoms with Crippen molar-refractivity contribution < 1.29 is 33.0 Å². The molecule has 1 aliphatic heterocycles. The lowest BCUT2D eigenvalue weighted by atomic mass is 10.1. The van der Waals surface area contributed by atoms with E-state index in [1.165, 1.54) is 24.0 Å². The first-order valence-electron chi connectivity index (χ1n) is 10.1. The van der Waals surface area contributed by atoms with Crippen LogP contribution in [-0.4, -0.2) is 64.9 Å². The van der Waals surface area contributed by atoms with Gasteiger partial charge >= 0.3 is 11.9 Å². The van der Waals surface area contributed by atoms with Crippen LogP contribution < -0.4 is 10.5 Å². The van der Waals surface area contributed by atoms with Gasteiger partial charge in [-0.1, -0.05) is 42.5 Å². The lowest BCUT2D eigenvalue weighted by Crippen LogP contribution is -2.39. The average molecular weight is 508 g/mol. The van der Waals surface area contributed by atoms with Gasteiger partial charge in [0.15, 0.2) is 0 Å². The van der Waals surface area contributed by atoms with Crippen LogP contribution in [0.3, 0.4) is 0 Å². The summed E-state index contributed by atoms with van der Waals surface area (Å²) >= 11 is 4.85. The summed E-state index contributed by atoms with van der Waals surface area (Å²) in [6, 6.07) is 12.7. The van der Waals surface area contributed by atoms with Crippen LogP contribution >= 0.6 is 12.2 Å². The fraction of sp³-hybridized carbons (Fsp3) is 0.273. The number of anilines is 1. The molecule has 0 saturated carbocycles. The second kappa shape index (κ2) is 11.7. The van der Waals surface area contributed by atoms with E-state index in [0.717, 1.165) is 5.56 Å². The zero-order valence-electron chi connectivity index (χ0n) is 18.2. The Morgan fingerprint density at radius 2 is 1.71 bits per heavy atom. The van der Waals surface area contributed by atoms with Crippen molar-refractivity contribution in [1.82, 2.24) is 4.90 Å². The van der Waals surface area contributed by atoms with Crippen LogP contribution in [0.1, 0.15) is 18.9 Å². The van der Waals surface area contributed by atoms with Crippen LogP contribution in [0, 0.1) is 0 Å². The van der Waals surface area contributed by atoms with Gasteiger partial charge in [0, 0.05) is 23.9 Å². The maximum Gasteiger partial charge on any atom is 0.326 e. The molecular weight excluding hydrogens is 482 g/mol. The van der Waals surface area contributed by atoms with Crippen molar-refractivity contribution in [3.63, 3.8) is 0 Å². The smallest absolute Gasteiger partial charge is 0.326 e. The molecule has 3 rings (SSSR count). The summed E-state index contributed by atoms with van der Waals surface area (Å²) in [4.78, 5) is 34.3. The Labute approximate surface area is 202 Å². The third-order valence-corrected chi connectivity index (χ3v) is 6.56. The molecule has 2 atom stereocenters. The predicted octanol–water partition coefficient (Wildman–Crippen LogP) is 1.50. The van der Waals surface area contributed by atoms with Gasteiger partial charge in [-0.25, -0.2) is 13.2 Å². The van der Waals surface area contributed by atoms with Crippen LogP contribution in [0.2, 0.25) is 0 Å². The molecule has 0 spiro atoms. The molecule has 0 radical (unpaired) electrons. The van der Waals surface area contributed by atoms with Crippen LogP contribution in [0.5, 0.6) is 0 Å². The standard InChI is InChI=1S/C15H16N2O4S.C7H9NO3S/c16-14(15(18)19)10-11-6-8-12(9-7-11)17-22(20,21)13-4-2-1-3-5-13;1-4(9)8-3-5(12)2-6(8)7(10)11/h1-9,14,17H,10,16H2,(H,18,19);6H,2-3H2,1H3,(H,10,11)/t14-;6-/m00/s1. The summed E-state index contributed by atoms with van der Waals surface area (Å²) in [5.74, 6) is -2.29. The van der Waals surface area contributed by atoms with Crippen molar-refractivity contribution in [2.45, 2.75) is 36.7 Å². The van der Waals surface area contributed by atoms with Crippen molar-refractivity contribution >= 4 is 50.6 Å². The topological polar surface area (TPSA) is 167 Å². The molecule has 0 unspecified atom stereocenters. The Morgan fingerprint density at radius 3 is 2.18 bits per heavy atom. The number of nitrogens with zero attached hydrogens (tertiary/aromatic N) is 1. The highest BCUT2D eigenvalue weighted by molar-refractivity contribution is 7.92. The maximum atomic E-state index is 12.1. The zero-order valence-corrected chi connectivity index (χ0v) is 19.9. The molecule has 1 saturated heterocycles. The van der Waals surface area contributed by atoms with Gasteiger partial charge in [-0.2, -0.15) is 0 Å². The molecule has 10 nitrogen and oxygen atoms in total. The Bertz CT molecular complexity index is 1130. The molecule has 34 heavy (non-hydrogen) atoms. The molecule has 0 bridgehead atoms. The first-order valence-corrected chi connectivity index (χ1v) is 12.0. The van der Waals surface area contributed by atoms with Crippen molar-refractivity contribution in [3.8, 4) is 0 Å². The highest BCUT2D eigenvalue weighted by Crippen LogP contribution is 2.17. The van der Waals surface area contributed by atoms with E-state index in [9.17, 15) is 22.8 Å². The summed E-state index contributed by atoms with van der Waals surface area (Å²) in [6.07, 6.45) is 0.491. The lowest BCUT2D eigenvalue weighted by molar-refractivity contribution is -0.147. The van der Waals surface area contributed by atoms with Gasteiger partial charge in [-0.15, -0.1) is 0 Å². The molecular formula is C22H25N3O7S2. The molecule has 1 heterocycles. The average Bonchev–Trinajstić information content (AvgIpc) is 3.18. The summed E-state index contributed by atoms with van der Waals surface area (Å²) in [6.45, 7) is 1.66. The molecule has 182 valence electrons. The van der Waals surface area contributed by atoms with E-state index in [2.05, 4.69) is 4.72 Å². The number of nitrogens with one attached hydrogen (secondary N) is 1. The third-order valence-electron chi connectivity index (χ3n) is 4.87. The van der Waals surface area contributed by atoms with Crippen LogP contribution in [0.4, 0.5) is 5.69 Å². The van der Waals surface area contributed by atoms with E-state index in [0.29, 0.717) is 23.5 Å². The molecule has 2 aromatic carbocycles. The number of benzene rings is 2. The summed E-state index contributed by atoms with van der Waals surface area (Å²) in [7, 11) is -3.63. The van der Waals surface area contributed by atoms with E-state index in [4.69, 9.17) is 28.2 Å². The Morgan fingerprint density at radius 1 is 1.12 bits per heavy atom. The third kappa shape index (κ3) is 7.61. The lowest BCUT2D eigenvalue weighted by Gasteiger charge is -2.18. The summed E-state index contributed by atoms with van der Waals surface area (Å²) < 4.78 is 26.8. The van der Waals surface area contributed by atoms with Gasteiger partial charge in [-0.05, 0) is 36.2 Å². The fourth-order valence-corrected chi connectivity index (χ4v) is 4.48. The molecule has 0 aliphatic carbocycles. The quantitative estimate of drug-likeness (QED) is 0.406. The van der Waals surface area contributed by atoms with E-state index < -0.39 is 34.0 Å². The van der Waals surface area contributed by atoms with Crippen molar-refractivity contribution in [3.05, 3.63) is 60.2 Å². The van der Waals surface area contributed by atoms with Crippen LogP contribution in [-0.2, 0) is 30.8 Å². The Balaban J connectivity index is 0.000000287. The predicted molar refractivity (Wildman–Crippen MR) is 129 cm³/mol. The SMILES string of the molecule is CC(=O)N1CC(=S)C[C@H]1C(=O)O.N[C@@H](Cc1ccc(NS(=O)(=O)c2ccccc2)cc1)C(=O)O. The number of aliphatic carboxylic acids is 2. The number of likely N-dealkylation sites (tertiary alicyclic amines) is 1. The fourth-order valence-electron chi connectivity index (χ4n) is 3.11. The van der Waals surface area contributed by atoms with Gasteiger partial charge in [0.2, 0.25) is 5.91 Å². The second-order valence-electron chi connectivity index (χ2n) is 7.51. The Kier molecular flexibility index (Phi) is 9.24. The number of carboxylic acid groups (broad SMARTS) is 2. The van der Waals surface area contributed by atoms with E-state index in [1.807, 2.05) is 0 Å². The maximum absolute atomic E-state index is 12.1. The second-order valence-corrected chi connectivity index (χ2v) is 9.77. The van der Waals surface area contributed by atoms with Crippen molar-refractivity contribution in [2.75, 3.05) is 11.3 Å². The highest BCUT2D eigenvalue weighted by Gasteiger charge is 2.34. The molecule has 1 aliphatic rings. The largest absolute Gasteiger partial charge is 0.480 e. The van der Waals surface area contributed by atoms with E-state index >= 15 is 0 Å². The number of carbonyl (C=O) groups excluding carboxylic acids is 1. The summed E-state index contributed by atoms with van der Waals surface area (Å²) in [5, 5.41) is 17.5. The minimum Gasteiger partial charge on any atom is -0.480 e. The first kappa shape index (κ1) is 26.9. The molecule has 5 N–H and O–H groups in total. The number of nitrogens with two attached hydrogens (primary N) is 1. The first-order chi connectivity index (χ1) is 15.9. The number of hydrogen-bond acceptors (Lipinski definition) is 7. The number of amides is 1. The monoisotopic (exact) mass is 507 g/mol. The number of hydrogen-bond donors (Lipinski definition) is 4. The van der Waals surface area contributed by atoms with Crippen molar-refractivity contribution in [2.24, 2.45) is 5.73 Å². The van der Waals surface area contributed by atoms with Crippen molar-refractivity contribution in [1.29, 1.82) is 0 Å². The number of rotatable bonds is 7. The number of thiocarbonyl (C=S) groups is 1. The molecule has 1 amide bonds. The normalized spacial score (nSPS) is 16.2. The van der Waals surface area contributed by atoms with Gasteiger partial charge in [0.1, 0.15) is 12.1 Å². The molecule has 0 aromatic heterocycles. The highest BCUT2D eigenvalue weighted by atomic mass is 32.2. The van der Waals surface area contributed by atoms with Crippen LogP contribution in [0.25, 0.3) is 0 Å². The molecule has 12 heteroatoms. The van der Waals surface area contributed by atoms with Crippen LogP contribution in [0.15, 0.2) is 59.5 Å². The number of carboxylic acids is 2. The van der Waals surface area contributed by atoms with E-state index in [-0.39, 0.29) is 17.2 Å². The minimum absolute atomic E-state index is 0.173. The van der Waals surface area contributed by atoms with Gasteiger partial charge in [0.25, 0.3) is 10.0 Å². The van der Waals surface area contributed by atoms with E-state index in [1.54, 1.807) is 42.5 Å². The Hall–Kier alpha value is -3.35.